The smallest absolute Gasteiger partial charge is 0.287 e. The molecule has 0 fully saturated rings. The van der Waals surface area contributed by atoms with Gasteiger partial charge in [-0.2, -0.15) is 0 Å². The van der Waals surface area contributed by atoms with E-state index in [1.165, 1.54) is 12.2 Å². The number of hydroxylamine groups is 2. The van der Waals surface area contributed by atoms with E-state index in [1.807, 2.05) is 6.07 Å². The highest BCUT2D eigenvalue weighted by molar-refractivity contribution is 6.11. The standard InChI is InChI=1S/C10H7NO3/c12-9-6-7-10(13)11(9)14-8-4-2-1-3-5-8/h1-7H. The maximum absolute atomic E-state index is 11.1. The third-order valence-electron chi connectivity index (χ3n) is 1.71. The van der Waals surface area contributed by atoms with Crippen LogP contribution in [0.2, 0.25) is 0 Å². The molecular weight excluding hydrogens is 182 g/mol. The first-order chi connectivity index (χ1) is 6.77. The number of rotatable bonds is 2. The Bertz CT molecular complexity index is 379. The lowest BCUT2D eigenvalue weighted by Gasteiger charge is -2.13. The van der Waals surface area contributed by atoms with Gasteiger partial charge in [0.1, 0.15) is 0 Å². The van der Waals surface area contributed by atoms with Crippen molar-refractivity contribution in [1.29, 1.82) is 0 Å². The maximum Gasteiger partial charge on any atom is 0.287 e. The fourth-order valence-electron chi connectivity index (χ4n) is 1.06. The Labute approximate surface area is 80.3 Å². The first-order valence-electron chi connectivity index (χ1n) is 4.06. The van der Waals surface area contributed by atoms with E-state index in [1.54, 1.807) is 24.3 Å². The number of amides is 2. The van der Waals surface area contributed by atoms with E-state index in [2.05, 4.69) is 0 Å². The molecular formula is C10H7NO3. The number of para-hydroxylation sites is 1. The highest BCUT2D eigenvalue weighted by atomic mass is 16.7. The summed E-state index contributed by atoms with van der Waals surface area (Å²) in [5, 5.41) is 0.718. The zero-order valence-corrected chi connectivity index (χ0v) is 7.21. The van der Waals surface area contributed by atoms with Gasteiger partial charge >= 0.3 is 0 Å². The second-order valence-electron chi connectivity index (χ2n) is 2.71. The van der Waals surface area contributed by atoms with Crippen LogP contribution in [0.5, 0.6) is 5.75 Å². The van der Waals surface area contributed by atoms with Crippen molar-refractivity contribution in [2.75, 3.05) is 0 Å². The molecule has 14 heavy (non-hydrogen) atoms. The van der Waals surface area contributed by atoms with Crippen LogP contribution < -0.4 is 4.84 Å². The van der Waals surface area contributed by atoms with Crippen molar-refractivity contribution in [3.63, 3.8) is 0 Å². The molecule has 0 saturated heterocycles. The van der Waals surface area contributed by atoms with Crippen molar-refractivity contribution in [1.82, 2.24) is 5.06 Å². The quantitative estimate of drug-likeness (QED) is 0.649. The molecule has 1 aromatic rings. The molecule has 0 aromatic heterocycles. The lowest BCUT2D eigenvalue weighted by molar-refractivity contribution is -0.162. The fraction of sp³-hybridized carbons (Fsp3) is 0. The zero-order chi connectivity index (χ0) is 9.97. The molecule has 0 bridgehead atoms. The highest BCUT2D eigenvalue weighted by Crippen LogP contribution is 2.13. The molecule has 0 atom stereocenters. The Kier molecular flexibility index (Phi) is 2.02. The van der Waals surface area contributed by atoms with E-state index < -0.39 is 11.8 Å². The molecule has 4 nitrogen and oxygen atoms in total. The summed E-state index contributed by atoms with van der Waals surface area (Å²) in [5.74, 6) is -0.462. The van der Waals surface area contributed by atoms with E-state index in [9.17, 15) is 9.59 Å². The van der Waals surface area contributed by atoms with E-state index in [-0.39, 0.29) is 0 Å². The number of hydrogen-bond donors (Lipinski definition) is 0. The van der Waals surface area contributed by atoms with Crippen molar-refractivity contribution < 1.29 is 14.4 Å². The van der Waals surface area contributed by atoms with Gasteiger partial charge in [-0.05, 0) is 12.1 Å². The largest absolute Gasteiger partial charge is 0.369 e. The predicted molar refractivity (Wildman–Crippen MR) is 48.1 cm³/mol. The van der Waals surface area contributed by atoms with Crippen LogP contribution in [0.25, 0.3) is 0 Å². The molecule has 0 N–H and O–H groups in total. The van der Waals surface area contributed by atoms with Crippen LogP contribution in [0.3, 0.4) is 0 Å². The zero-order valence-electron chi connectivity index (χ0n) is 7.21. The molecule has 0 spiro atoms. The van der Waals surface area contributed by atoms with Gasteiger partial charge in [-0.25, -0.2) is 0 Å². The molecule has 0 aliphatic carbocycles. The van der Waals surface area contributed by atoms with Crippen LogP contribution >= 0.6 is 0 Å². The van der Waals surface area contributed by atoms with Gasteiger partial charge in [0.2, 0.25) is 0 Å². The van der Waals surface area contributed by atoms with Gasteiger partial charge in [-0.1, -0.05) is 23.3 Å². The minimum Gasteiger partial charge on any atom is -0.369 e. The van der Waals surface area contributed by atoms with Gasteiger partial charge in [0.15, 0.2) is 5.75 Å². The van der Waals surface area contributed by atoms with Crippen LogP contribution in [0.4, 0.5) is 0 Å². The lowest BCUT2D eigenvalue weighted by Crippen LogP contribution is -2.33. The summed E-state index contributed by atoms with van der Waals surface area (Å²) in [6.45, 7) is 0. The molecule has 0 unspecified atom stereocenters. The van der Waals surface area contributed by atoms with Gasteiger partial charge in [-0.3, -0.25) is 9.59 Å². The summed E-state index contributed by atoms with van der Waals surface area (Å²) in [7, 11) is 0. The summed E-state index contributed by atoms with van der Waals surface area (Å²) >= 11 is 0. The van der Waals surface area contributed by atoms with Gasteiger partial charge in [-0.15, -0.1) is 0 Å². The first kappa shape index (κ1) is 8.50. The maximum atomic E-state index is 11.1. The van der Waals surface area contributed by atoms with E-state index in [0.29, 0.717) is 5.75 Å². The van der Waals surface area contributed by atoms with Gasteiger partial charge in [0, 0.05) is 12.2 Å². The average molecular weight is 189 g/mol. The van der Waals surface area contributed by atoms with Crippen molar-refractivity contribution in [3.8, 4) is 5.75 Å². The normalized spacial score (nSPS) is 15.0. The number of benzene rings is 1. The van der Waals surface area contributed by atoms with Gasteiger partial charge in [0.25, 0.3) is 11.8 Å². The van der Waals surface area contributed by atoms with Crippen molar-refractivity contribution in [2.24, 2.45) is 0 Å². The monoisotopic (exact) mass is 189 g/mol. The summed E-state index contributed by atoms with van der Waals surface area (Å²) in [6.07, 6.45) is 2.34. The minimum absolute atomic E-state index is 0.456. The van der Waals surface area contributed by atoms with Gasteiger partial charge in [0.05, 0.1) is 0 Å². The predicted octanol–water partition coefficient (Wildman–Crippen LogP) is 0.905. The van der Waals surface area contributed by atoms with Crippen molar-refractivity contribution >= 4 is 11.8 Å². The van der Waals surface area contributed by atoms with Crippen LogP contribution in [0.1, 0.15) is 0 Å². The molecule has 4 heteroatoms. The van der Waals surface area contributed by atoms with Crippen molar-refractivity contribution in [2.45, 2.75) is 0 Å². The van der Waals surface area contributed by atoms with Crippen LogP contribution in [-0.4, -0.2) is 16.9 Å². The van der Waals surface area contributed by atoms with E-state index >= 15 is 0 Å². The Morgan fingerprint density at radius 1 is 0.929 bits per heavy atom. The second kappa shape index (κ2) is 3.33. The minimum atomic E-state index is -0.459. The molecule has 0 saturated carbocycles. The molecule has 70 valence electrons. The highest BCUT2D eigenvalue weighted by Gasteiger charge is 2.25. The molecule has 0 radical (unpaired) electrons. The Balaban J connectivity index is 2.13. The summed E-state index contributed by atoms with van der Waals surface area (Å²) < 4.78 is 0. The second-order valence-corrected chi connectivity index (χ2v) is 2.71. The van der Waals surface area contributed by atoms with Crippen LogP contribution in [0, 0.1) is 0 Å². The number of carbonyl (C=O) groups excluding carboxylic acids is 2. The molecule has 1 heterocycles. The summed E-state index contributed by atoms with van der Waals surface area (Å²) in [4.78, 5) is 27.2. The van der Waals surface area contributed by atoms with Gasteiger partial charge < -0.3 is 4.84 Å². The summed E-state index contributed by atoms with van der Waals surface area (Å²) in [6, 6.07) is 8.66. The molecule has 2 rings (SSSR count). The SMILES string of the molecule is O=C1C=CC(=O)N1Oc1ccccc1. The number of nitrogens with zero attached hydrogens (tertiary/aromatic N) is 1. The Morgan fingerprint density at radius 3 is 2.07 bits per heavy atom. The number of carbonyl (C=O) groups is 2. The fourth-order valence-corrected chi connectivity index (χ4v) is 1.06. The lowest BCUT2D eigenvalue weighted by atomic mass is 10.3. The molecule has 2 amide bonds. The topological polar surface area (TPSA) is 46.6 Å². The number of hydrogen-bond acceptors (Lipinski definition) is 3. The van der Waals surface area contributed by atoms with Crippen molar-refractivity contribution in [3.05, 3.63) is 42.5 Å². The average Bonchev–Trinajstić information content (AvgIpc) is 2.51. The molecule has 1 aromatic carbocycles. The number of imide groups is 1. The third kappa shape index (κ3) is 1.50. The first-order valence-corrected chi connectivity index (χ1v) is 4.06. The Hall–Kier alpha value is -2.10. The van der Waals surface area contributed by atoms with E-state index in [4.69, 9.17) is 4.84 Å². The van der Waals surface area contributed by atoms with Crippen LogP contribution in [0.15, 0.2) is 42.5 Å². The molecule has 1 aliphatic rings. The van der Waals surface area contributed by atoms with Crippen LogP contribution in [-0.2, 0) is 9.59 Å². The third-order valence-corrected chi connectivity index (χ3v) is 1.71. The summed E-state index contributed by atoms with van der Waals surface area (Å²) in [5.41, 5.74) is 0. The van der Waals surface area contributed by atoms with E-state index in [0.717, 1.165) is 5.06 Å². The Morgan fingerprint density at radius 2 is 1.50 bits per heavy atom. The molecule has 1 aliphatic heterocycles.